The van der Waals surface area contributed by atoms with E-state index in [1.807, 2.05) is 12.3 Å². The summed E-state index contributed by atoms with van der Waals surface area (Å²) in [5, 5.41) is 20.1. The second-order valence-electron chi connectivity index (χ2n) is 5.22. The van der Waals surface area contributed by atoms with Crippen molar-refractivity contribution < 1.29 is 9.90 Å². The van der Waals surface area contributed by atoms with Crippen molar-refractivity contribution in [1.29, 1.82) is 0 Å². The first kappa shape index (κ1) is 15.7. The van der Waals surface area contributed by atoms with Crippen LogP contribution in [0.1, 0.15) is 30.1 Å². The van der Waals surface area contributed by atoms with Gasteiger partial charge in [0.05, 0.1) is 29.9 Å². The van der Waals surface area contributed by atoms with Crippen molar-refractivity contribution in [3.05, 3.63) is 34.0 Å². The predicted molar refractivity (Wildman–Crippen MR) is 81.0 cm³/mol. The summed E-state index contributed by atoms with van der Waals surface area (Å²) in [6.07, 6.45) is 4.45. The van der Waals surface area contributed by atoms with E-state index in [2.05, 4.69) is 15.4 Å². The van der Waals surface area contributed by atoms with Gasteiger partial charge in [-0.05, 0) is 13.3 Å². The molecule has 0 aliphatic heterocycles. The second kappa shape index (κ2) is 6.36. The molecule has 2 rings (SSSR count). The van der Waals surface area contributed by atoms with E-state index in [0.29, 0.717) is 5.56 Å². The molecule has 0 bridgehead atoms. The molecule has 0 aliphatic rings. The zero-order chi connectivity index (χ0) is 15.5. The predicted octanol–water partition coefficient (Wildman–Crippen LogP) is 1.01. The van der Waals surface area contributed by atoms with Crippen LogP contribution in [0.2, 0.25) is 0 Å². The second-order valence-corrected chi connectivity index (χ2v) is 6.16. The molecule has 1 atom stereocenters. The van der Waals surface area contributed by atoms with Gasteiger partial charge in [0.15, 0.2) is 0 Å². The Balaban J connectivity index is 1.88. The van der Waals surface area contributed by atoms with Crippen LogP contribution in [0.15, 0.2) is 17.8 Å². The molecule has 0 saturated carbocycles. The molecule has 2 heterocycles. The molecule has 1 amide bonds. The SMILES string of the molecule is CCc1nc(CC(=O)NCC(C)(O)c2cnn(C)c2)cs1. The lowest BCUT2D eigenvalue weighted by Gasteiger charge is -2.22. The minimum absolute atomic E-state index is 0.141. The number of hydrogen-bond acceptors (Lipinski definition) is 5. The van der Waals surface area contributed by atoms with E-state index in [0.717, 1.165) is 17.1 Å². The zero-order valence-electron chi connectivity index (χ0n) is 12.5. The van der Waals surface area contributed by atoms with Gasteiger partial charge in [-0.2, -0.15) is 5.10 Å². The van der Waals surface area contributed by atoms with Gasteiger partial charge in [-0.1, -0.05) is 6.92 Å². The summed E-state index contributed by atoms with van der Waals surface area (Å²) >= 11 is 1.56. The number of nitrogens with one attached hydrogen (secondary N) is 1. The molecule has 0 radical (unpaired) electrons. The molecule has 2 aromatic rings. The molecule has 6 nitrogen and oxygen atoms in total. The van der Waals surface area contributed by atoms with Gasteiger partial charge in [0, 0.05) is 24.2 Å². The molecule has 21 heavy (non-hydrogen) atoms. The Bertz CT molecular complexity index is 618. The highest BCUT2D eigenvalue weighted by atomic mass is 32.1. The van der Waals surface area contributed by atoms with Crippen molar-refractivity contribution in [2.75, 3.05) is 6.54 Å². The highest BCUT2D eigenvalue weighted by Gasteiger charge is 2.25. The molecule has 2 N–H and O–H groups in total. The van der Waals surface area contributed by atoms with Crippen LogP contribution in [-0.4, -0.2) is 32.3 Å². The maximum atomic E-state index is 11.9. The molecule has 114 valence electrons. The van der Waals surface area contributed by atoms with Gasteiger partial charge in [0.2, 0.25) is 5.91 Å². The first-order valence-electron chi connectivity index (χ1n) is 6.82. The van der Waals surface area contributed by atoms with E-state index in [-0.39, 0.29) is 18.9 Å². The van der Waals surface area contributed by atoms with Crippen molar-refractivity contribution in [2.24, 2.45) is 7.05 Å². The Morgan fingerprint density at radius 3 is 2.90 bits per heavy atom. The average molecular weight is 308 g/mol. The summed E-state index contributed by atoms with van der Waals surface area (Å²) in [5.74, 6) is -0.146. The van der Waals surface area contributed by atoms with Crippen molar-refractivity contribution in [2.45, 2.75) is 32.3 Å². The Morgan fingerprint density at radius 1 is 1.57 bits per heavy atom. The quantitative estimate of drug-likeness (QED) is 0.834. The number of amides is 1. The maximum Gasteiger partial charge on any atom is 0.226 e. The lowest BCUT2D eigenvalue weighted by Crippen LogP contribution is -2.39. The molecule has 1 unspecified atom stereocenters. The van der Waals surface area contributed by atoms with Gasteiger partial charge in [0.25, 0.3) is 0 Å². The fraction of sp³-hybridized carbons (Fsp3) is 0.500. The molecule has 0 spiro atoms. The molecule has 7 heteroatoms. The van der Waals surface area contributed by atoms with Gasteiger partial charge in [-0.25, -0.2) is 4.98 Å². The first-order chi connectivity index (χ1) is 9.90. The van der Waals surface area contributed by atoms with Crippen LogP contribution in [0, 0.1) is 0 Å². The lowest BCUT2D eigenvalue weighted by atomic mass is 10.00. The summed E-state index contributed by atoms with van der Waals surface area (Å²) in [7, 11) is 1.78. The van der Waals surface area contributed by atoms with Crippen LogP contribution in [0.3, 0.4) is 0 Å². The summed E-state index contributed by atoms with van der Waals surface area (Å²) in [5.41, 5.74) is 0.309. The minimum Gasteiger partial charge on any atom is -0.383 e. The van der Waals surface area contributed by atoms with Gasteiger partial charge < -0.3 is 10.4 Å². The molecule has 0 aliphatic carbocycles. The van der Waals surface area contributed by atoms with Crippen LogP contribution in [0.5, 0.6) is 0 Å². The summed E-state index contributed by atoms with van der Waals surface area (Å²) in [4.78, 5) is 16.3. The van der Waals surface area contributed by atoms with Crippen molar-refractivity contribution in [1.82, 2.24) is 20.1 Å². The highest BCUT2D eigenvalue weighted by Crippen LogP contribution is 2.18. The number of carbonyl (C=O) groups is 1. The molecular formula is C14H20N4O2S. The van der Waals surface area contributed by atoms with Gasteiger partial charge >= 0.3 is 0 Å². The van der Waals surface area contributed by atoms with E-state index in [4.69, 9.17) is 0 Å². The Labute approximate surface area is 127 Å². The summed E-state index contributed by atoms with van der Waals surface area (Å²) in [6.45, 7) is 3.83. The van der Waals surface area contributed by atoms with Crippen LogP contribution in [0.4, 0.5) is 0 Å². The van der Waals surface area contributed by atoms with E-state index >= 15 is 0 Å². The van der Waals surface area contributed by atoms with Crippen LogP contribution < -0.4 is 5.32 Å². The third-order valence-corrected chi connectivity index (χ3v) is 4.24. The molecule has 0 fully saturated rings. The smallest absolute Gasteiger partial charge is 0.226 e. The molecule has 0 aromatic carbocycles. The number of nitrogens with zero attached hydrogens (tertiary/aromatic N) is 3. The lowest BCUT2D eigenvalue weighted by molar-refractivity contribution is -0.121. The highest BCUT2D eigenvalue weighted by molar-refractivity contribution is 7.09. The number of carbonyl (C=O) groups excluding carboxylic acids is 1. The van der Waals surface area contributed by atoms with Crippen molar-refractivity contribution >= 4 is 17.2 Å². The average Bonchev–Trinajstić information content (AvgIpc) is 3.06. The Kier molecular flexibility index (Phi) is 4.74. The van der Waals surface area contributed by atoms with E-state index < -0.39 is 5.60 Å². The summed E-state index contributed by atoms with van der Waals surface area (Å²) < 4.78 is 1.62. The Hall–Kier alpha value is -1.73. The van der Waals surface area contributed by atoms with Gasteiger partial charge in [0.1, 0.15) is 5.60 Å². The van der Waals surface area contributed by atoms with Crippen molar-refractivity contribution in [3.63, 3.8) is 0 Å². The number of thiazole rings is 1. The normalized spacial score (nSPS) is 13.9. The van der Waals surface area contributed by atoms with Crippen molar-refractivity contribution in [3.8, 4) is 0 Å². The topological polar surface area (TPSA) is 80.0 Å². The Morgan fingerprint density at radius 2 is 2.33 bits per heavy atom. The molecular weight excluding hydrogens is 288 g/mol. The maximum absolute atomic E-state index is 11.9. The largest absolute Gasteiger partial charge is 0.383 e. The number of hydrogen-bond donors (Lipinski definition) is 2. The van der Waals surface area contributed by atoms with E-state index in [9.17, 15) is 9.90 Å². The van der Waals surface area contributed by atoms with E-state index in [1.54, 1.807) is 42.4 Å². The number of aliphatic hydroxyl groups is 1. The number of rotatable bonds is 6. The fourth-order valence-corrected chi connectivity index (χ4v) is 2.64. The van der Waals surface area contributed by atoms with E-state index in [1.165, 1.54) is 0 Å². The fourth-order valence-electron chi connectivity index (χ4n) is 1.89. The van der Waals surface area contributed by atoms with Crippen LogP contribution >= 0.6 is 11.3 Å². The zero-order valence-corrected chi connectivity index (χ0v) is 13.3. The monoisotopic (exact) mass is 308 g/mol. The minimum atomic E-state index is -1.14. The summed E-state index contributed by atoms with van der Waals surface area (Å²) in [6, 6.07) is 0. The molecule has 2 aromatic heterocycles. The standard InChI is InChI=1S/C14H20N4O2S/c1-4-13-17-11(8-21-13)5-12(19)15-9-14(2,20)10-6-16-18(3)7-10/h6-8,20H,4-5,9H2,1-3H3,(H,15,19). The third-order valence-electron chi connectivity index (χ3n) is 3.20. The van der Waals surface area contributed by atoms with Crippen LogP contribution in [-0.2, 0) is 30.3 Å². The van der Waals surface area contributed by atoms with Crippen LogP contribution in [0.25, 0.3) is 0 Å². The first-order valence-corrected chi connectivity index (χ1v) is 7.70. The number of aromatic nitrogens is 3. The number of aryl methyl sites for hydroxylation is 2. The van der Waals surface area contributed by atoms with Gasteiger partial charge in [-0.3, -0.25) is 9.48 Å². The molecule has 0 saturated heterocycles. The third kappa shape index (κ3) is 4.12. The van der Waals surface area contributed by atoms with Gasteiger partial charge in [-0.15, -0.1) is 11.3 Å².